The lowest BCUT2D eigenvalue weighted by Crippen LogP contribution is -2.49. The van der Waals surface area contributed by atoms with Crippen molar-refractivity contribution in [1.82, 2.24) is 15.1 Å². The van der Waals surface area contributed by atoms with Gasteiger partial charge in [-0.05, 0) is 24.3 Å². The Balaban J connectivity index is 0.00000182. The Morgan fingerprint density at radius 1 is 1.24 bits per heavy atom. The predicted molar refractivity (Wildman–Crippen MR) is 102 cm³/mol. The summed E-state index contributed by atoms with van der Waals surface area (Å²) in [7, 11) is 0. The van der Waals surface area contributed by atoms with Crippen LogP contribution >= 0.6 is 12.4 Å². The van der Waals surface area contributed by atoms with E-state index in [2.05, 4.69) is 46.2 Å². The van der Waals surface area contributed by atoms with Gasteiger partial charge in [0.1, 0.15) is 0 Å². The van der Waals surface area contributed by atoms with E-state index < -0.39 is 0 Å². The van der Waals surface area contributed by atoms with E-state index in [-0.39, 0.29) is 12.4 Å². The molecule has 1 aromatic heterocycles. The van der Waals surface area contributed by atoms with Crippen LogP contribution in [0.3, 0.4) is 0 Å². The summed E-state index contributed by atoms with van der Waals surface area (Å²) in [6.07, 6.45) is 7.86. The molecule has 4 rings (SSSR count). The number of benzene rings is 1. The summed E-state index contributed by atoms with van der Waals surface area (Å²) in [5.74, 6) is 0.641. The Hall–Kier alpha value is -1.56. The van der Waals surface area contributed by atoms with Crippen LogP contribution in [0.1, 0.15) is 24.8 Å². The molecule has 5 nitrogen and oxygen atoms in total. The van der Waals surface area contributed by atoms with Crippen molar-refractivity contribution in [2.75, 3.05) is 25.1 Å². The number of hydrogen-bond donors (Lipinski definition) is 2. The lowest BCUT2D eigenvalue weighted by molar-refractivity contribution is 0.0559. The van der Waals surface area contributed by atoms with Gasteiger partial charge < -0.3 is 15.4 Å². The molecule has 2 aliphatic rings. The molecule has 2 aromatic rings. The second kappa shape index (κ2) is 8.70. The molecular formula is C19H27ClN4O. The van der Waals surface area contributed by atoms with E-state index in [1.165, 1.54) is 24.8 Å². The number of nitrogens with zero attached hydrogens (tertiary/aromatic N) is 2. The van der Waals surface area contributed by atoms with Gasteiger partial charge in [0.15, 0.2) is 0 Å². The van der Waals surface area contributed by atoms with Gasteiger partial charge in [-0.25, -0.2) is 0 Å². The minimum absolute atomic E-state index is 0. The number of halogens is 1. The van der Waals surface area contributed by atoms with Crippen molar-refractivity contribution in [1.29, 1.82) is 0 Å². The van der Waals surface area contributed by atoms with Gasteiger partial charge in [0.2, 0.25) is 0 Å². The predicted octanol–water partition coefficient (Wildman–Crippen LogP) is 2.92. The van der Waals surface area contributed by atoms with Gasteiger partial charge >= 0.3 is 0 Å². The van der Waals surface area contributed by atoms with Crippen LogP contribution in [0.2, 0.25) is 0 Å². The highest BCUT2D eigenvalue weighted by molar-refractivity contribution is 5.85. The number of anilines is 1. The Morgan fingerprint density at radius 2 is 2.12 bits per heavy atom. The van der Waals surface area contributed by atoms with Crippen LogP contribution in [0.25, 0.3) is 0 Å². The van der Waals surface area contributed by atoms with Crippen molar-refractivity contribution in [3.8, 4) is 0 Å². The molecule has 3 atom stereocenters. The molecule has 1 aliphatic heterocycles. The summed E-state index contributed by atoms with van der Waals surface area (Å²) >= 11 is 0. The Bertz CT molecular complexity index is 642. The number of rotatable bonds is 5. The van der Waals surface area contributed by atoms with Crippen LogP contribution in [0.5, 0.6) is 0 Å². The number of ether oxygens (including phenoxy) is 1. The molecule has 0 amide bonds. The van der Waals surface area contributed by atoms with Crippen LogP contribution in [0.15, 0.2) is 42.7 Å². The van der Waals surface area contributed by atoms with Crippen molar-refractivity contribution >= 4 is 18.1 Å². The zero-order valence-electron chi connectivity index (χ0n) is 14.4. The standard InChI is InChI=1S/C19H26N4O.ClH/c1-2-5-15(6-3-1)12-23-13-16(11-21-23)22-18-8-4-7-17(18)19-14-24-10-9-20-19;/h1-3,5-6,11,13,17-20,22H,4,7-10,12,14H2;1H. The highest BCUT2D eigenvalue weighted by Gasteiger charge is 2.34. The molecule has 0 radical (unpaired) electrons. The lowest BCUT2D eigenvalue weighted by atomic mass is 9.94. The monoisotopic (exact) mass is 362 g/mol. The second-order valence-electron chi connectivity index (χ2n) is 6.89. The van der Waals surface area contributed by atoms with Gasteiger partial charge in [-0.1, -0.05) is 36.8 Å². The third kappa shape index (κ3) is 4.54. The van der Waals surface area contributed by atoms with Crippen LogP contribution in [-0.2, 0) is 11.3 Å². The van der Waals surface area contributed by atoms with Crippen molar-refractivity contribution < 1.29 is 4.74 Å². The SMILES string of the molecule is Cl.c1ccc(Cn2cc(NC3CCCC3C3COCCN3)cn2)cc1. The topological polar surface area (TPSA) is 51.1 Å². The van der Waals surface area contributed by atoms with Crippen molar-refractivity contribution in [2.45, 2.75) is 37.9 Å². The first-order valence-corrected chi connectivity index (χ1v) is 9.02. The molecule has 0 bridgehead atoms. The molecule has 1 saturated heterocycles. The normalized spacial score (nSPS) is 26.2. The maximum Gasteiger partial charge on any atom is 0.0728 e. The summed E-state index contributed by atoms with van der Waals surface area (Å²) < 4.78 is 7.66. The van der Waals surface area contributed by atoms with Crippen molar-refractivity contribution in [3.05, 3.63) is 48.3 Å². The fourth-order valence-electron chi connectivity index (χ4n) is 4.02. The fourth-order valence-corrected chi connectivity index (χ4v) is 4.02. The fraction of sp³-hybridized carbons (Fsp3) is 0.526. The number of hydrogen-bond acceptors (Lipinski definition) is 4. The highest BCUT2D eigenvalue weighted by Crippen LogP contribution is 2.31. The molecule has 2 heterocycles. The van der Waals surface area contributed by atoms with Gasteiger partial charge in [0.05, 0.1) is 31.6 Å². The molecule has 2 fully saturated rings. The summed E-state index contributed by atoms with van der Waals surface area (Å²) in [6, 6.07) is 11.5. The van der Waals surface area contributed by atoms with E-state index in [9.17, 15) is 0 Å². The van der Waals surface area contributed by atoms with E-state index in [1.54, 1.807) is 0 Å². The largest absolute Gasteiger partial charge is 0.379 e. The zero-order chi connectivity index (χ0) is 16.2. The minimum Gasteiger partial charge on any atom is -0.379 e. The van der Waals surface area contributed by atoms with Gasteiger partial charge in [0.25, 0.3) is 0 Å². The third-order valence-corrected chi connectivity index (χ3v) is 5.21. The molecular weight excluding hydrogens is 336 g/mol. The second-order valence-corrected chi connectivity index (χ2v) is 6.89. The maximum absolute atomic E-state index is 5.66. The third-order valence-electron chi connectivity index (χ3n) is 5.21. The quantitative estimate of drug-likeness (QED) is 0.858. The number of morpholine rings is 1. The minimum atomic E-state index is 0. The van der Waals surface area contributed by atoms with Gasteiger partial charge in [-0.2, -0.15) is 5.10 Å². The van der Waals surface area contributed by atoms with E-state index in [0.29, 0.717) is 18.0 Å². The van der Waals surface area contributed by atoms with E-state index in [0.717, 1.165) is 32.0 Å². The van der Waals surface area contributed by atoms with Crippen molar-refractivity contribution in [3.63, 3.8) is 0 Å². The summed E-state index contributed by atoms with van der Waals surface area (Å²) in [6.45, 7) is 3.47. The smallest absolute Gasteiger partial charge is 0.0728 e. The number of nitrogens with one attached hydrogen (secondary N) is 2. The molecule has 2 N–H and O–H groups in total. The first-order chi connectivity index (χ1) is 11.9. The first-order valence-electron chi connectivity index (χ1n) is 9.02. The van der Waals surface area contributed by atoms with Gasteiger partial charge in [0, 0.05) is 24.8 Å². The number of aromatic nitrogens is 2. The first kappa shape index (κ1) is 18.2. The maximum atomic E-state index is 5.66. The summed E-state index contributed by atoms with van der Waals surface area (Å²) in [5.41, 5.74) is 2.40. The average molecular weight is 363 g/mol. The molecule has 3 unspecified atom stereocenters. The van der Waals surface area contributed by atoms with Crippen LogP contribution in [0.4, 0.5) is 5.69 Å². The highest BCUT2D eigenvalue weighted by atomic mass is 35.5. The van der Waals surface area contributed by atoms with Crippen LogP contribution in [-0.4, -0.2) is 41.6 Å². The van der Waals surface area contributed by atoms with E-state index in [4.69, 9.17) is 4.74 Å². The molecule has 0 spiro atoms. The molecule has 136 valence electrons. The van der Waals surface area contributed by atoms with Crippen molar-refractivity contribution in [2.24, 2.45) is 5.92 Å². The summed E-state index contributed by atoms with van der Waals surface area (Å²) in [5, 5.41) is 11.8. The Labute approximate surface area is 155 Å². The van der Waals surface area contributed by atoms with E-state index >= 15 is 0 Å². The Morgan fingerprint density at radius 3 is 2.92 bits per heavy atom. The Kier molecular flexibility index (Phi) is 6.34. The van der Waals surface area contributed by atoms with Gasteiger partial charge in [-0.3, -0.25) is 4.68 Å². The van der Waals surface area contributed by atoms with Crippen LogP contribution in [0, 0.1) is 5.92 Å². The molecule has 25 heavy (non-hydrogen) atoms. The summed E-state index contributed by atoms with van der Waals surface area (Å²) in [4.78, 5) is 0. The van der Waals surface area contributed by atoms with Gasteiger partial charge in [-0.15, -0.1) is 12.4 Å². The average Bonchev–Trinajstić information content (AvgIpc) is 3.27. The van der Waals surface area contributed by atoms with E-state index in [1.807, 2.05) is 16.9 Å². The molecule has 6 heteroatoms. The molecule has 1 aromatic carbocycles. The van der Waals surface area contributed by atoms with Crippen LogP contribution < -0.4 is 10.6 Å². The zero-order valence-corrected chi connectivity index (χ0v) is 15.3. The lowest BCUT2D eigenvalue weighted by Gasteiger charge is -2.33. The molecule has 1 aliphatic carbocycles. The molecule has 1 saturated carbocycles.